The molecule has 0 spiro atoms. The van der Waals surface area contributed by atoms with E-state index in [9.17, 15) is 52.3 Å². The Morgan fingerprint density at radius 3 is 1.30 bits per heavy atom. The summed E-state index contributed by atoms with van der Waals surface area (Å²) in [6, 6.07) is 77.9. The largest absolute Gasteiger partial charge is 3.00 e. The molecule has 0 aliphatic heterocycles. The van der Waals surface area contributed by atoms with Crippen molar-refractivity contribution in [2.24, 2.45) is 0 Å². The molecule has 0 amide bonds. The standard InChI is InChI=1S/C56H53F3N4O8S2.C14H13F3N.2C11H16N.C10H14N.2U/c1-7-63(41-16-9-8-10-17-41)27-12-15-40-29-33(3)51(36(6)55(40)73(69,70)71)62-47-24-23-46(61-50-32(2)28-34(4)54(35(50)5)72(66,67)68)48-49(47)53(65)44-31-39(21-22-42(44)52(48)64)38-20-19-37-14-11-18-45(43(37)30-38)60-26-13-25-56(57,58)59;15-14(16,17)9-4-10-18-13-8-3-6-11-5-1-2-7-12(11)13;2*1-4-12(5-2)11-8-6-7-10(3)9-11;1-3-11(4-2)10-8-6-5-7-9-10;;/h9-11,16-24,28-31,60-62H,7,12-13,15,25-27H2,1-6H3,(H,66,67,68)(H,69,70,71);1-3,5,7-8,18H,4,9-10H2;2*6,8-9H,4-5H2,1-3H3;6-9H,3-4H2,1-2H3;;/q-2;4*-1;2*+3/p-1. The molecule has 0 bridgehead atoms. The van der Waals surface area contributed by atoms with E-state index >= 15 is 9.59 Å². The average Bonchev–Trinajstić information content (AvgIpc) is 0.728. The molecule has 1 aliphatic carbocycles. The Morgan fingerprint density at radius 2 is 0.828 bits per heavy atom. The molecule has 12 aromatic rings. The summed E-state index contributed by atoms with van der Waals surface area (Å²) in [7, 11) is -9.75. The Morgan fingerprint density at radius 1 is 0.414 bits per heavy atom. The number of aryl methyl sites for hydroxylation is 6. The molecule has 670 valence electrons. The van der Waals surface area contributed by atoms with E-state index in [4.69, 9.17) is 0 Å². The number of anilines is 10. The van der Waals surface area contributed by atoms with Gasteiger partial charge in [0.15, 0.2) is 11.6 Å². The molecule has 0 aromatic heterocycles. The van der Waals surface area contributed by atoms with Crippen LogP contribution in [0, 0.1) is 147 Å². The number of alkyl halides is 6. The summed E-state index contributed by atoms with van der Waals surface area (Å²) in [5, 5.41) is 15.9. The molecule has 0 saturated carbocycles. The number of hydrogen-bond acceptors (Lipinski definition) is 15. The van der Waals surface area contributed by atoms with E-state index in [0.717, 1.165) is 61.4 Å². The Balaban J connectivity index is 0.000000323. The maximum absolute atomic E-state index is 15.3. The molecular weight excluding hydrogens is 2120 g/mol. The first-order valence-electron chi connectivity index (χ1n) is 42.4. The van der Waals surface area contributed by atoms with E-state index in [0.29, 0.717) is 76.8 Å². The second kappa shape index (κ2) is 48.9. The van der Waals surface area contributed by atoms with Gasteiger partial charge in [0.2, 0.25) is 0 Å². The van der Waals surface area contributed by atoms with Gasteiger partial charge in [-0.15, -0.1) is 114 Å². The normalized spacial score (nSPS) is 11.6. The van der Waals surface area contributed by atoms with Gasteiger partial charge in [-0.05, 0) is 189 Å². The summed E-state index contributed by atoms with van der Waals surface area (Å²) >= 11 is 0. The van der Waals surface area contributed by atoms with Gasteiger partial charge < -0.3 is 45.4 Å². The minimum Gasteiger partial charge on any atom is -0.744 e. The van der Waals surface area contributed by atoms with Crippen LogP contribution in [-0.2, 0) is 26.7 Å². The van der Waals surface area contributed by atoms with Crippen molar-refractivity contribution in [1.82, 2.24) is 0 Å². The third kappa shape index (κ3) is 28.7. The molecule has 0 unspecified atom stereocenters. The molecule has 0 heterocycles. The van der Waals surface area contributed by atoms with Gasteiger partial charge in [0.05, 0.1) is 27.4 Å². The van der Waals surface area contributed by atoms with Crippen molar-refractivity contribution >= 4 is 110 Å². The van der Waals surface area contributed by atoms with Gasteiger partial charge in [-0.3, -0.25) is 14.1 Å². The van der Waals surface area contributed by atoms with Gasteiger partial charge in [0.1, 0.15) is 15.0 Å². The van der Waals surface area contributed by atoms with Crippen LogP contribution in [-0.4, -0.2) is 115 Å². The Hall–Kier alpha value is -9.60. The van der Waals surface area contributed by atoms with Crippen molar-refractivity contribution in [3.05, 3.63) is 297 Å². The summed E-state index contributed by atoms with van der Waals surface area (Å²) in [6.07, 6.45) is -9.26. The Labute approximate surface area is 799 Å². The van der Waals surface area contributed by atoms with E-state index in [1.54, 1.807) is 69.3 Å². The van der Waals surface area contributed by atoms with Gasteiger partial charge in [0.25, 0.3) is 10.1 Å². The third-order valence-electron chi connectivity index (χ3n) is 21.9. The zero-order valence-corrected chi connectivity index (χ0v) is 84.9. The van der Waals surface area contributed by atoms with E-state index in [1.165, 1.54) is 66.3 Å². The van der Waals surface area contributed by atoms with Crippen molar-refractivity contribution in [3.63, 3.8) is 0 Å². The minimum absolute atomic E-state index is 0. The van der Waals surface area contributed by atoms with Gasteiger partial charge in [-0.25, -0.2) is 8.42 Å². The summed E-state index contributed by atoms with van der Waals surface area (Å²) in [5.74, 6) is -1.16. The van der Waals surface area contributed by atoms with Crippen molar-refractivity contribution < 1.29 is 124 Å². The molecule has 16 nitrogen and oxygen atoms in total. The zero-order valence-electron chi connectivity index (χ0n) is 75.0. The number of carbonyl (C=O) groups excluding carboxylic acids is 2. The summed E-state index contributed by atoms with van der Waals surface area (Å²) < 4.78 is 149. The number of carbonyl (C=O) groups is 2. The first-order chi connectivity index (χ1) is 60.0. The van der Waals surface area contributed by atoms with Crippen LogP contribution in [0.3, 0.4) is 0 Å². The van der Waals surface area contributed by atoms with Crippen molar-refractivity contribution in [1.29, 1.82) is 0 Å². The molecule has 0 fully saturated rings. The number of fused-ring (bicyclic) bond motifs is 4. The van der Waals surface area contributed by atoms with Crippen molar-refractivity contribution in [2.75, 3.05) is 106 Å². The van der Waals surface area contributed by atoms with Crippen LogP contribution in [0.1, 0.15) is 157 Å². The molecule has 5 N–H and O–H groups in total. The third-order valence-corrected chi connectivity index (χ3v) is 24.1. The molecule has 0 saturated heterocycles. The summed E-state index contributed by atoms with van der Waals surface area (Å²) in [5.41, 5.74) is 12.6. The quantitative estimate of drug-likeness (QED) is 0.0123. The topological polar surface area (TPSA) is 207 Å². The zero-order chi connectivity index (χ0) is 91.8. The maximum Gasteiger partial charge on any atom is 3.00 e. The first-order valence-corrected chi connectivity index (χ1v) is 45.3. The number of benzene rings is 12. The first kappa shape index (κ1) is 105. The van der Waals surface area contributed by atoms with Gasteiger partial charge >= 0.3 is 74.6 Å². The van der Waals surface area contributed by atoms with E-state index < -0.39 is 61.9 Å². The van der Waals surface area contributed by atoms with Gasteiger partial charge in [-0.1, -0.05) is 89.8 Å². The molecule has 1 aliphatic rings. The van der Waals surface area contributed by atoms with Crippen molar-refractivity contribution in [2.45, 2.75) is 158 Å². The molecule has 12 aromatic carbocycles. The van der Waals surface area contributed by atoms with Crippen LogP contribution in [0.5, 0.6) is 0 Å². The smallest absolute Gasteiger partial charge is 0.744 e. The Kier molecular flexibility index (Phi) is 40.3. The Bertz CT molecular complexity index is 5900. The van der Waals surface area contributed by atoms with Crippen molar-refractivity contribution in [3.8, 4) is 11.1 Å². The number of nitrogens with one attached hydrogen (secondary N) is 4. The van der Waals surface area contributed by atoms with Crippen LogP contribution < -0.4 is 40.9 Å². The monoisotopic (exact) mass is 2230 g/mol. The predicted molar refractivity (Wildman–Crippen MR) is 500 cm³/mol. The second-order valence-electron chi connectivity index (χ2n) is 30.6. The minimum atomic E-state index is -4.94. The van der Waals surface area contributed by atoms with Crippen LogP contribution in [0.2, 0.25) is 0 Å². The van der Waals surface area contributed by atoms with Crippen LogP contribution in [0.15, 0.2) is 204 Å². The fourth-order valence-electron chi connectivity index (χ4n) is 15.7. The number of halogens is 6. The van der Waals surface area contributed by atoms with Crippen LogP contribution in [0.25, 0.3) is 32.7 Å². The molecular formula is C102H111F6N8O8S2U2-. The van der Waals surface area contributed by atoms with E-state index in [1.807, 2.05) is 91.9 Å². The van der Waals surface area contributed by atoms with E-state index in [-0.39, 0.29) is 148 Å². The SMILES string of the molecule is CCN(CC)c1cc[c-]c(C)c1.CCN(CC)c1cc[c-]c(C)c1.CCN(CC)c1cc[c-]cc1.CCN(CCCc1cc(C)c(Nc2ccc(Nc3c(C)cc(C)c(S(=O)(=O)[O-])c3C)c3c2C(=O)c2cc(-c4ccc5[c-]ccc(NCCCC(F)(F)F)c5c4)ccc2C3=O)c(C)c1S(=O)(=O)O)c1cc[c-]cc1.FC(F)(F)CCCNc1cc[c-]c2ccccc12.[U+3].[U+3]. The number of nitrogens with zero attached hydrogens (tertiary/aromatic N) is 4. The van der Waals surface area contributed by atoms with Gasteiger partial charge in [-0.2, -0.15) is 107 Å². The summed E-state index contributed by atoms with van der Waals surface area (Å²) in [6.45, 7) is 35.3. The molecule has 128 heavy (non-hydrogen) atoms. The molecule has 26 heteroatoms. The van der Waals surface area contributed by atoms with Crippen LogP contribution >= 0.6 is 0 Å². The van der Waals surface area contributed by atoms with Crippen LogP contribution in [0.4, 0.5) is 83.2 Å². The molecule has 2 radical (unpaired) electrons. The number of rotatable bonds is 30. The summed E-state index contributed by atoms with van der Waals surface area (Å²) in [4.78, 5) is 38.7. The number of hydrogen-bond donors (Lipinski definition) is 5. The molecule has 13 rings (SSSR count). The maximum atomic E-state index is 15.3. The average molecular weight is 2230 g/mol. The number of ketones is 2. The molecule has 0 atom stereocenters. The fraction of sp³-hybridized carbons (Fsp3) is 0.314. The second-order valence-corrected chi connectivity index (χ2v) is 33.3. The van der Waals surface area contributed by atoms with Gasteiger partial charge in [0, 0.05) is 101 Å². The van der Waals surface area contributed by atoms with E-state index in [2.05, 4.69) is 169 Å². The fourth-order valence-corrected chi connectivity index (χ4v) is 17.6. The predicted octanol–water partition coefficient (Wildman–Crippen LogP) is 24.3.